The average molecular weight is 405 g/mol. The van der Waals surface area contributed by atoms with Gasteiger partial charge in [0.25, 0.3) is 0 Å². The maximum atomic E-state index is 6.21. The summed E-state index contributed by atoms with van der Waals surface area (Å²) in [6, 6.07) is 19.3. The molecule has 0 spiro atoms. The van der Waals surface area contributed by atoms with E-state index >= 15 is 0 Å². The van der Waals surface area contributed by atoms with Crippen LogP contribution in [0.25, 0.3) is 12.2 Å². The Kier molecular flexibility index (Phi) is 5.34. The predicted octanol–water partition coefficient (Wildman–Crippen LogP) is 7.01. The van der Waals surface area contributed by atoms with Crippen LogP contribution in [0.2, 0.25) is 32.2 Å². The first-order chi connectivity index (χ1) is 13.4. The van der Waals surface area contributed by atoms with Crippen LogP contribution in [0.5, 0.6) is 0 Å². The Balaban J connectivity index is 1.65. The van der Waals surface area contributed by atoms with Gasteiger partial charge in [-0.15, -0.1) is 0 Å². The fourth-order valence-electron chi connectivity index (χ4n) is 4.98. The van der Waals surface area contributed by atoms with Crippen LogP contribution in [0.4, 0.5) is 0 Å². The van der Waals surface area contributed by atoms with Crippen LogP contribution >= 0.6 is 0 Å². The lowest BCUT2D eigenvalue weighted by Gasteiger charge is -2.39. The molecule has 0 radical (unpaired) electrons. The van der Waals surface area contributed by atoms with Gasteiger partial charge in [0, 0.05) is 6.61 Å². The molecule has 4 rings (SSSR count). The van der Waals surface area contributed by atoms with Crippen LogP contribution in [0.15, 0.2) is 60.7 Å². The highest BCUT2D eigenvalue weighted by molar-refractivity contribution is 6.82. The Hall–Kier alpha value is -1.69. The highest BCUT2D eigenvalue weighted by Gasteiger charge is 2.45. The van der Waals surface area contributed by atoms with Gasteiger partial charge in [-0.05, 0) is 59.4 Å². The summed E-state index contributed by atoms with van der Waals surface area (Å²) in [5, 5.41) is 0. The Labute approximate surface area is 172 Å². The molecule has 2 aromatic rings. The summed E-state index contributed by atoms with van der Waals surface area (Å²) in [6.07, 6.45) is 10.9. The van der Waals surface area contributed by atoms with E-state index in [1.807, 2.05) is 0 Å². The minimum Gasteiger partial charge on any atom is -0.418 e. The highest BCUT2D eigenvalue weighted by atomic mass is 28.4. The van der Waals surface area contributed by atoms with Crippen molar-refractivity contribution in [3.05, 3.63) is 82.9 Å². The molecule has 2 aliphatic carbocycles. The van der Waals surface area contributed by atoms with Crippen LogP contribution in [0.3, 0.4) is 0 Å². The molecule has 0 amide bonds. The van der Waals surface area contributed by atoms with Crippen LogP contribution in [-0.4, -0.2) is 23.0 Å². The van der Waals surface area contributed by atoms with Crippen LogP contribution in [0.1, 0.15) is 39.8 Å². The van der Waals surface area contributed by atoms with E-state index in [0.29, 0.717) is 11.1 Å². The maximum Gasteiger partial charge on any atom is 0.183 e. The van der Waals surface area contributed by atoms with Crippen molar-refractivity contribution in [3.8, 4) is 0 Å². The van der Waals surface area contributed by atoms with Crippen molar-refractivity contribution in [2.75, 3.05) is 6.61 Å². The van der Waals surface area contributed by atoms with E-state index in [1.165, 1.54) is 23.6 Å². The Morgan fingerprint density at radius 3 is 1.75 bits per heavy atom. The van der Waals surface area contributed by atoms with Gasteiger partial charge in [0.05, 0.1) is 8.07 Å². The monoisotopic (exact) mass is 404 g/mol. The van der Waals surface area contributed by atoms with Gasteiger partial charge in [-0.1, -0.05) is 85.4 Å². The van der Waals surface area contributed by atoms with E-state index in [9.17, 15) is 0 Å². The second-order valence-corrected chi connectivity index (χ2v) is 18.8. The number of hydrogen-bond acceptors (Lipinski definition) is 1. The minimum absolute atomic E-state index is 0.580. The van der Waals surface area contributed by atoms with E-state index in [-0.39, 0.29) is 0 Å². The average Bonchev–Trinajstić information content (AvgIpc) is 3.29. The predicted molar refractivity (Wildman–Crippen MR) is 127 cm³/mol. The summed E-state index contributed by atoms with van der Waals surface area (Å²) >= 11 is 0. The zero-order valence-electron chi connectivity index (χ0n) is 17.6. The fourth-order valence-corrected chi connectivity index (χ4v) is 10.7. The van der Waals surface area contributed by atoms with E-state index in [1.54, 1.807) is 11.1 Å². The summed E-state index contributed by atoms with van der Waals surface area (Å²) in [5.74, 6) is 0. The first-order valence-electron chi connectivity index (χ1n) is 10.6. The van der Waals surface area contributed by atoms with Crippen LogP contribution < -0.4 is 0 Å². The smallest absolute Gasteiger partial charge is 0.183 e. The number of benzene rings is 2. The first-order valence-corrected chi connectivity index (χ1v) is 16.8. The van der Waals surface area contributed by atoms with Gasteiger partial charge in [-0.2, -0.15) is 0 Å². The van der Waals surface area contributed by atoms with Crippen molar-refractivity contribution >= 4 is 28.5 Å². The van der Waals surface area contributed by atoms with Gasteiger partial charge in [-0.25, -0.2) is 0 Å². The van der Waals surface area contributed by atoms with Gasteiger partial charge in [-0.3, -0.25) is 0 Å². The molecule has 2 atom stereocenters. The molecule has 0 aliphatic heterocycles. The Morgan fingerprint density at radius 1 is 0.750 bits per heavy atom. The molecule has 2 aromatic carbocycles. The van der Waals surface area contributed by atoms with Crippen molar-refractivity contribution in [2.45, 2.75) is 49.7 Å². The molecule has 0 aromatic heterocycles. The lowest BCUT2D eigenvalue weighted by Crippen LogP contribution is -2.43. The molecule has 0 saturated heterocycles. The molecular formula is C25H32OSi2. The number of fused-ring (bicyclic) bond motifs is 2. The minimum atomic E-state index is -1.72. The quantitative estimate of drug-likeness (QED) is 0.356. The van der Waals surface area contributed by atoms with E-state index in [2.05, 4.69) is 99.0 Å². The molecule has 0 N–H and O–H groups in total. The molecule has 0 saturated carbocycles. The maximum absolute atomic E-state index is 6.21. The molecule has 2 aliphatic rings. The van der Waals surface area contributed by atoms with Gasteiger partial charge >= 0.3 is 0 Å². The molecule has 28 heavy (non-hydrogen) atoms. The third kappa shape index (κ3) is 3.76. The van der Waals surface area contributed by atoms with Gasteiger partial charge < -0.3 is 4.43 Å². The van der Waals surface area contributed by atoms with Crippen molar-refractivity contribution in [2.24, 2.45) is 0 Å². The lowest BCUT2D eigenvalue weighted by molar-refractivity contribution is 0.310. The van der Waals surface area contributed by atoms with Gasteiger partial charge in [0.1, 0.15) is 0 Å². The Bertz CT molecular complexity index is 845. The molecule has 1 nitrogen and oxygen atoms in total. The van der Waals surface area contributed by atoms with Crippen molar-refractivity contribution in [3.63, 3.8) is 0 Å². The van der Waals surface area contributed by atoms with E-state index in [0.717, 1.165) is 6.61 Å². The van der Waals surface area contributed by atoms with Crippen molar-refractivity contribution in [1.29, 1.82) is 0 Å². The zero-order valence-corrected chi connectivity index (χ0v) is 19.6. The summed E-state index contributed by atoms with van der Waals surface area (Å²) in [7, 11) is -3.16. The van der Waals surface area contributed by atoms with E-state index < -0.39 is 16.4 Å². The van der Waals surface area contributed by atoms with Crippen molar-refractivity contribution in [1.82, 2.24) is 0 Å². The highest BCUT2D eigenvalue weighted by Crippen LogP contribution is 2.49. The number of rotatable bonds is 7. The number of allylic oxidation sites excluding steroid dienone is 2. The molecular weight excluding hydrogens is 372 g/mol. The largest absolute Gasteiger partial charge is 0.418 e. The van der Waals surface area contributed by atoms with E-state index in [4.69, 9.17) is 4.43 Å². The molecule has 0 bridgehead atoms. The normalized spacial score (nSPS) is 22.1. The fraction of sp³-hybridized carbons (Fsp3) is 0.360. The second-order valence-electron chi connectivity index (χ2n) is 9.50. The molecule has 0 heterocycles. The summed E-state index contributed by atoms with van der Waals surface area (Å²) in [5.41, 5.74) is 7.08. The summed E-state index contributed by atoms with van der Waals surface area (Å²) < 4.78 is 6.21. The Morgan fingerprint density at radius 2 is 1.25 bits per heavy atom. The van der Waals surface area contributed by atoms with Crippen LogP contribution in [0, 0.1) is 0 Å². The number of hydrogen-bond donors (Lipinski definition) is 0. The molecule has 2 unspecified atom stereocenters. The third-order valence-electron chi connectivity index (χ3n) is 6.41. The van der Waals surface area contributed by atoms with Crippen molar-refractivity contribution < 1.29 is 4.43 Å². The first kappa shape index (κ1) is 19.6. The van der Waals surface area contributed by atoms with Gasteiger partial charge in [0.2, 0.25) is 0 Å². The molecule has 0 fully saturated rings. The third-order valence-corrected chi connectivity index (χ3v) is 12.8. The van der Waals surface area contributed by atoms with Crippen LogP contribution in [-0.2, 0) is 4.43 Å². The standard InChI is InChI=1S/C25H32OSi2/c1-27(2,3)26-18-9-19-28(4,24-16-14-20-10-5-7-12-22(20)24)25-17-15-21-11-6-8-13-23(21)25/h5-8,10-17,24-25H,9,18-19H2,1-4H3. The van der Waals surface area contributed by atoms with Gasteiger partial charge in [0.15, 0.2) is 8.32 Å². The lowest BCUT2D eigenvalue weighted by atomic mass is 10.1. The molecule has 146 valence electrons. The zero-order chi connectivity index (χ0) is 19.8. The second kappa shape index (κ2) is 7.62. The topological polar surface area (TPSA) is 9.23 Å². The SMILES string of the molecule is C[Si](C)(C)OCCC[Si](C)(C1C=Cc2ccccc21)C1C=Cc2ccccc21. The molecule has 3 heteroatoms. The summed E-state index contributed by atoms with van der Waals surface area (Å²) in [4.78, 5) is 0. The summed E-state index contributed by atoms with van der Waals surface area (Å²) in [6.45, 7) is 10.4.